The molecule has 0 radical (unpaired) electrons. The van der Waals surface area contributed by atoms with Crippen molar-refractivity contribution < 1.29 is 0 Å². The van der Waals surface area contributed by atoms with Crippen molar-refractivity contribution in [2.24, 2.45) is 0 Å². The third-order valence-corrected chi connectivity index (χ3v) is 6.21. The Hall–Kier alpha value is -2.34. The number of anilines is 3. The van der Waals surface area contributed by atoms with Gasteiger partial charge in [-0.2, -0.15) is 0 Å². The Bertz CT molecular complexity index is 799. The van der Waals surface area contributed by atoms with Gasteiger partial charge in [-0.05, 0) is 81.1 Å². The topological polar surface area (TPSA) is 43.4 Å². The minimum atomic E-state index is 0.564. The molecule has 0 aliphatic carbocycles. The van der Waals surface area contributed by atoms with Crippen LogP contribution in [0.5, 0.6) is 0 Å². The molecule has 1 aromatic carbocycles. The number of rotatable bonds is 5. The van der Waals surface area contributed by atoms with E-state index in [4.69, 9.17) is 12.2 Å². The van der Waals surface area contributed by atoms with Crippen LogP contribution in [0.3, 0.4) is 0 Å². The molecule has 2 fully saturated rings. The fraction of sp³-hybridized carbons (Fsp3) is 0.478. The first-order chi connectivity index (χ1) is 14.2. The Morgan fingerprint density at radius 2 is 1.79 bits per heavy atom. The molecule has 6 heteroatoms. The van der Waals surface area contributed by atoms with Gasteiger partial charge in [0.2, 0.25) is 0 Å². The number of thiocarbonyl (C=S) groups is 1. The van der Waals surface area contributed by atoms with E-state index in [2.05, 4.69) is 68.7 Å². The summed E-state index contributed by atoms with van der Waals surface area (Å²) in [5, 5.41) is 7.15. The fourth-order valence-corrected chi connectivity index (χ4v) is 4.42. The number of nitrogens with one attached hydrogen (secondary N) is 2. The second-order valence-electron chi connectivity index (χ2n) is 8.11. The van der Waals surface area contributed by atoms with E-state index < -0.39 is 0 Å². The molecule has 2 aliphatic rings. The number of hydrogen-bond donors (Lipinski definition) is 2. The molecule has 5 nitrogen and oxygen atoms in total. The lowest BCUT2D eigenvalue weighted by atomic mass is 10.0. The number of hydrogen-bond acceptors (Lipinski definition) is 4. The second-order valence-corrected chi connectivity index (χ2v) is 8.52. The van der Waals surface area contributed by atoms with E-state index in [1.54, 1.807) is 0 Å². The van der Waals surface area contributed by atoms with Gasteiger partial charge in [-0.3, -0.25) is 0 Å². The van der Waals surface area contributed by atoms with Crippen LogP contribution in [0.2, 0.25) is 0 Å². The van der Waals surface area contributed by atoms with Crippen molar-refractivity contribution in [1.29, 1.82) is 0 Å². The zero-order chi connectivity index (χ0) is 20.1. The van der Waals surface area contributed by atoms with E-state index in [0.29, 0.717) is 17.7 Å². The van der Waals surface area contributed by atoms with Crippen LogP contribution in [-0.2, 0) is 6.54 Å². The minimum Gasteiger partial charge on any atom is -0.372 e. The summed E-state index contributed by atoms with van der Waals surface area (Å²) in [4.78, 5) is 9.49. The molecular weight excluding hydrogens is 378 g/mol. The Kier molecular flexibility index (Phi) is 6.49. The summed E-state index contributed by atoms with van der Waals surface area (Å²) in [6, 6.07) is 13.5. The smallest absolute Gasteiger partial charge is 0.171 e. The molecule has 1 aromatic heterocycles. The summed E-state index contributed by atoms with van der Waals surface area (Å²) in [7, 11) is 0. The lowest BCUT2D eigenvalue weighted by molar-refractivity contribution is 0.481. The van der Waals surface area contributed by atoms with Gasteiger partial charge in [-0.25, -0.2) is 4.98 Å². The van der Waals surface area contributed by atoms with E-state index >= 15 is 0 Å². The Labute approximate surface area is 179 Å². The standard InChI is InChI=1S/C23H31N5S/c1-18-6-2-3-15-28(18)22-12-9-20(17-24-22)26-23(29)25-16-19-7-10-21(11-8-19)27-13-4-5-14-27/h7-12,17-18H,2-6,13-16H2,1H3,(H2,25,26,29)/t18-/m1/s1. The third-order valence-electron chi connectivity index (χ3n) is 5.96. The number of nitrogens with zero attached hydrogens (tertiary/aromatic N) is 3. The molecule has 0 amide bonds. The number of piperidine rings is 1. The highest BCUT2D eigenvalue weighted by Crippen LogP contribution is 2.24. The summed E-state index contributed by atoms with van der Waals surface area (Å²) >= 11 is 5.46. The lowest BCUT2D eigenvalue weighted by Crippen LogP contribution is -2.37. The van der Waals surface area contributed by atoms with Crippen LogP contribution >= 0.6 is 12.2 Å². The minimum absolute atomic E-state index is 0.564. The molecule has 3 heterocycles. The van der Waals surface area contributed by atoms with Crippen molar-refractivity contribution in [2.45, 2.75) is 51.6 Å². The number of aromatic nitrogens is 1. The van der Waals surface area contributed by atoms with Crippen LogP contribution in [0, 0.1) is 0 Å². The summed E-state index contributed by atoms with van der Waals surface area (Å²) < 4.78 is 0. The summed E-state index contributed by atoms with van der Waals surface area (Å²) in [5.74, 6) is 1.06. The van der Waals surface area contributed by atoms with Gasteiger partial charge in [0.15, 0.2) is 5.11 Å². The maximum atomic E-state index is 5.46. The fourth-order valence-electron chi connectivity index (χ4n) is 4.23. The van der Waals surface area contributed by atoms with Crippen LogP contribution in [0.15, 0.2) is 42.6 Å². The van der Waals surface area contributed by atoms with Gasteiger partial charge >= 0.3 is 0 Å². The molecule has 0 spiro atoms. The van der Waals surface area contributed by atoms with Crippen LogP contribution < -0.4 is 20.4 Å². The normalized spacial score (nSPS) is 19.3. The maximum Gasteiger partial charge on any atom is 0.171 e. The molecular formula is C23H31N5S. The molecule has 29 heavy (non-hydrogen) atoms. The molecule has 2 aliphatic heterocycles. The molecule has 2 aromatic rings. The van der Waals surface area contributed by atoms with E-state index in [9.17, 15) is 0 Å². The predicted octanol–water partition coefficient (Wildman–Crippen LogP) is 4.55. The van der Waals surface area contributed by atoms with Crippen molar-refractivity contribution in [3.63, 3.8) is 0 Å². The maximum absolute atomic E-state index is 5.46. The third kappa shape index (κ3) is 5.18. The Morgan fingerprint density at radius 3 is 2.48 bits per heavy atom. The van der Waals surface area contributed by atoms with Gasteiger partial charge in [0.1, 0.15) is 5.82 Å². The van der Waals surface area contributed by atoms with Crippen LogP contribution in [0.1, 0.15) is 44.6 Å². The van der Waals surface area contributed by atoms with Crippen molar-refractivity contribution >= 4 is 34.5 Å². The van der Waals surface area contributed by atoms with Gasteiger partial charge < -0.3 is 20.4 Å². The first-order valence-corrected chi connectivity index (χ1v) is 11.2. The predicted molar refractivity (Wildman–Crippen MR) is 126 cm³/mol. The van der Waals surface area contributed by atoms with Crippen molar-refractivity contribution in [3.05, 3.63) is 48.2 Å². The van der Waals surface area contributed by atoms with Gasteiger partial charge in [0.05, 0.1) is 11.9 Å². The van der Waals surface area contributed by atoms with E-state index in [1.807, 2.05) is 6.20 Å². The van der Waals surface area contributed by atoms with Crippen LogP contribution in [-0.4, -0.2) is 35.8 Å². The first kappa shape index (κ1) is 20.0. The second kappa shape index (κ2) is 9.44. The first-order valence-electron chi connectivity index (χ1n) is 10.8. The van der Waals surface area contributed by atoms with E-state index in [1.165, 1.54) is 56.4 Å². The summed E-state index contributed by atoms with van der Waals surface area (Å²) in [6.07, 6.45) is 8.29. The molecule has 0 saturated carbocycles. The lowest BCUT2D eigenvalue weighted by Gasteiger charge is -2.34. The molecule has 1 atom stereocenters. The zero-order valence-electron chi connectivity index (χ0n) is 17.2. The van der Waals surface area contributed by atoms with E-state index in [-0.39, 0.29) is 0 Å². The van der Waals surface area contributed by atoms with Gasteiger partial charge in [-0.1, -0.05) is 12.1 Å². The van der Waals surface area contributed by atoms with Crippen molar-refractivity contribution in [3.8, 4) is 0 Å². The SMILES string of the molecule is C[C@@H]1CCCCN1c1ccc(NC(=S)NCc2ccc(N3CCCC3)cc2)cn1. The average Bonchev–Trinajstić information content (AvgIpc) is 3.29. The highest BCUT2D eigenvalue weighted by molar-refractivity contribution is 7.80. The molecule has 2 saturated heterocycles. The molecule has 2 N–H and O–H groups in total. The molecule has 0 bridgehead atoms. The summed E-state index contributed by atoms with van der Waals surface area (Å²) in [6.45, 7) is 6.44. The van der Waals surface area contributed by atoms with Crippen molar-refractivity contribution in [1.82, 2.24) is 10.3 Å². The van der Waals surface area contributed by atoms with E-state index in [0.717, 1.165) is 18.1 Å². The highest BCUT2D eigenvalue weighted by atomic mass is 32.1. The van der Waals surface area contributed by atoms with Gasteiger partial charge in [-0.15, -0.1) is 0 Å². The molecule has 154 valence electrons. The largest absolute Gasteiger partial charge is 0.372 e. The van der Waals surface area contributed by atoms with Gasteiger partial charge in [0, 0.05) is 37.9 Å². The van der Waals surface area contributed by atoms with Gasteiger partial charge in [0.25, 0.3) is 0 Å². The summed E-state index contributed by atoms with van der Waals surface area (Å²) in [5.41, 5.74) is 3.46. The average molecular weight is 410 g/mol. The zero-order valence-corrected chi connectivity index (χ0v) is 18.0. The molecule has 4 rings (SSSR count). The Balaban J connectivity index is 1.26. The van der Waals surface area contributed by atoms with Crippen LogP contribution in [0.25, 0.3) is 0 Å². The highest BCUT2D eigenvalue weighted by Gasteiger charge is 2.19. The number of benzene rings is 1. The van der Waals surface area contributed by atoms with Crippen LogP contribution in [0.4, 0.5) is 17.2 Å². The Morgan fingerprint density at radius 1 is 1.03 bits per heavy atom. The number of pyridine rings is 1. The molecule has 0 unspecified atom stereocenters. The monoisotopic (exact) mass is 409 g/mol. The quantitative estimate of drug-likeness (QED) is 0.707. The van der Waals surface area contributed by atoms with Crippen molar-refractivity contribution in [2.75, 3.05) is 34.8 Å².